The van der Waals surface area contributed by atoms with E-state index >= 15 is 0 Å². The molecule has 0 saturated carbocycles. The molecule has 1 unspecified atom stereocenters. The molecule has 2 aromatic rings. The zero-order chi connectivity index (χ0) is 26.2. The first kappa shape index (κ1) is 25.1. The van der Waals surface area contributed by atoms with Gasteiger partial charge in [-0.05, 0) is 29.8 Å². The van der Waals surface area contributed by atoms with Crippen molar-refractivity contribution in [3.63, 3.8) is 0 Å². The number of amides is 2. The van der Waals surface area contributed by atoms with Crippen LogP contribution in [-0.4, -0.2) is 53.8 Å². The molecular weight excluding hydrogens is 487 g/mol. The Labute approximate surface area is 212 Å². The van der Waals surface area contributed by atoms with Gasteiger partial charge in [-0.1, -0.05) is 24.3 Å². The van der Waals surface area contributed by atoms with E-state index in [9.17, 15) is 27.6 Å². The SMILES string of the molecule is O=C1CC(=O)C(CC(=O)N2CCC3(CC2)CCN(Cc2cccc(C(F)(F)F)c2)c2ccccc2O3)N1. The molecule has 3 aliphatic heterocycles. The predicted molar refractivity (Wildman–Crippen MR) is 129 cm³/mol. The Morgan fingerprint density at radius 2 is 1.76 bits per heavy atom. The number of Topliss-reactive ketones (excluding diaryl/α,β-unsaturated/α-hetero) is 1. The average molecular weight is 516 g/mol. The molecule has 0 radical (unpaired) electrons. The fourth-order valence-electron chi connectivity index (χ4n) is 5.37. The zero-order valence-electron chi connectivity index (χ0n) is 20.2. The molecule has 1 spiro atoms. The van der Waals surface area contributed by atoms with Crippen molar-refractivity contribution in [3.8, 4) is 5.75 Å². The predicted octanol–water partition coefficient (Wildman–Crippen LogP) is 3.70. The molecule has 0 bridgehead atoms. The second-order valence-electron chi connectivity index (χ2n) is 9.97. The molecule has 1 N–H and O–H groups in total. The molecule has 3 aliphatic rings. The maximum atomic E-state index is 13.2. The number of ketones is 1. The molecule has 1 atom stereocenters. The highest BCUT2D eigenvalue weighted by Crippen LogP contribution is 2.41. The van der Waals surface area contributed by atoms with Crippen molar-refractivity contribution in [3.05, 3.63) is 59.7 Å². The summed E-state index contributed by atoms with van der Waals surface area (Å²) in [7, 11) is 0. The standard InChI is InChI=1S/C27H28F3N3O4/c28-27(29,30)19-5-3-4-18(14-19)17-33-13-10-26(37-23-7-2-1-6-21(23)33)8-11-32(12-9-26)25(36)15-20-22(34)16-24(35)31-20/h1-7,14,20H,8-13,15-17H2,(H,31,35). The molecule has 10 heteroatoms. The summed E-state index contributed by atoms with van der Waals surface area (Å²) >= 11 is 0. The lowest BCUT2D eigenvalue weighted by Gasteiger charge is -2.41. The third kappa shape index (κ3) is 5.42. The summed E-state index contributed by atoms with van der Waals surface area (Å²) in [5.41, 5.74) is 0.212. The summed E-state index contributed by atoms with van der Waals surface area (Å²) in [6, 6.07) is 12.2. The van der Waals surface area contributed by atoms with Gasteiger partial charge in [-0.15, -0.1) is 0 Å². The summed E-state index contributed by atoms with van der Waals surface area (Å²) in [5.74, 6) is -0.0985. The minimum atomic E-state index is -4.40. The lowest BCUT2D eigenvalue weighted by molar-refractivity contribution is -0.138. The molecule has 0 aromatic heterocycles. The highest BCUT2D eigenvalue weighted by Gasteiger charge is 2.41. The van der Waals surface area contributed by atoms with Gasteiger partial charge in [-0.2, -0.15) is 13.2 Å². The molecular formula is C27H28F3N3O4. The number of alkyl halides is 3. The van der Waals surface area contributed by atoms with E-state index in [1.807, 2.05) is 29.2 Å². The van der Waals surface area contributed by atoms with Crippen molar-refractivity contribution in [2.75, 3.05) is 24.5 Å². The van der Waals surface area contributed by atoms with Crippen LogP contribution in [-0.2, 0) is 27.1 Å². The first-order valence-electron chi connectivity index (χ1n) is 12.4. The number of nitrogens with zero attached hydrogens (tertiary/aromatic N) is 2. The number of rotatable bonds is 4. The number of hydrogen-bond donors (Lipinski definition) is 1. The first-order valence-corrected chi connectivity index (χ1v) is 12.4. The number of carbonyl (C=O) groups is 3. The number of hydrogen-bond acceptors (Lipinski definition) is 5. The highest BCUT2D eigenvalue weighted by molar-refractivity contribution is 6.08. The van der Waals surface area contributed by atoms with Gasteiger partial charge < -0.3 is 19.9 Å². The normalized spacial score (nSPS) is 21.3. The maximum absolute atomic E-state index is 13.2. The van der Waals surface area contributed by atoms with Gasteiger partial charge in [0, 0.05) is 45.4 Å². The molecule has 5 rings (SSSR count). The van der Waals surface area contributed by atoms with E-state index in [4.69, 9.17) is 4.74 Å². The summed E-state index contributed by atoms with van der Waals surface area (Å²) in [6.45, 7) is 1.82. The molecule has 2 fully saturated rings. The van der Waals surface area contributed by atoms with Crippen molar-refractivity contribution in [1.29, 1.82) is 0 Å². The van der Waals surface area contributed by atoms with Gasteiger partial charge in [0.1, 0.15) is 11.4 Å². The van der Waals surface area contributed by atoms with Gasteiger partial charge in [0.15, 0.2) is 5.78 Å². The van der Waals surface area contributed by atoms with Crippen LogP contribution >= 0.6 is 0 Å². The second-order valence-corrected chi connectivity index (χ2v) is 9.97. The molecule has 37 heavy (non-hydrogen) atoms. The van der Waals surface area contributed by atoms with E-state index in [0.717, 1.165) is 11.8 Å². The lowest BCUT2D eigenvalue weighted by Crippen LogP contribution is -2.51. The van der Waals surface area contributed by atoms with E-state index in [-0.39, 0.29) is 30.4 Å². The van der Waals surface area contributed by atoms with E-state index in [1.54, 1.807) is 11.0 Å². The minimum Gasteiger partial charge on any atom is -0.485 e. The fourth-order valence-corrected chi connectivity index (χ4v) is 5.37. The van der Waals surface area contributed by atoms with Gasteiger partial charge in [0.2, 0.25) is 11.8 Å². The lowest BCUT2D eigenvalue weighted by atomic mass is 9.87. The first-order chi connectivity index (χ1) is 17.6. The van der Waals surface area contributed by atoms with Gasteiger partial charge in [-0.3, -0.25) is 14.4 Å². The minimum absolute atomic E-state index is 0.0357. The van der Waals surface area contributed by atoms with E-state index in [1.165, 1.54) is 12.1 Å². The molecule has 196 valence electrons. The quantitative estimate of drug-likeness (QED) is 0.629. The Morgan fingerprint density at radius 3 is 2.46 bits per heavy atom. The molecule has 0 aliphatic carbocycles. The Balaban J connectivity index is 1.27. The van der Waals surface area contributed by atoms with Gasteiger partial charge in [-0.25, -0.2) is 0 Å². The number of carbonyl (C=O) groups excluding carboxylic acids is 3. The van der Waals surface area contributed by atoms with Crippen LogP contribution in [0.5, 0.6) is 5.75 Å². The van der Waals surface area contributed by atoms with Crippen molar-refractivity contribution in [2.45, 2.75) is 56.5 Å². The van der Waals surface area contributed by atoms with Gasteiger partial charge in [0.25, 0.3) is 0 Å². The van der Waals surface area contributed by atoms with E-state index < -0.39 is 23.4 Å². The van der Waals surface area contributed by atoms with Crippen molar-refractivity contribution in [2.24, 2.45) is 0 Å². The number of anilines is 1. The Kier molecular flexibility index (Phi) is 6.59. The van der Waals surface area contributed by atoms with Gasteiger partial charge >= 0.3 is 6.18 Å². The Bertz CT molecular complexity index is 1210. The third-order valence-corrected chi connectivity index (χ3v) is 7.46. The number of likely N-dealkylation sites (tertiary alicyclic amines) is 1. The smallest absolute Gasteiger partial charge is 0.416 e. The molecule has 2 saturated heterocycles. The van der Waals surface area contributed by atoms with Crippen LogP contribution in [0.2, 0.25) is 0 Å². The summed E-state index contributed by atoms with van der Waals surface area (Å²) in [5, 5.41) is 2.56. The summed E-state index contributed by atoms with van der Waals surface area (Å²) in [6.07, 6.45) is -2.77. The summed E-state index contributed by atoms with van der Waals surface area (Å²) < 4.78 is 46.2. The van der Waals surface area contributed by atoms with E-state index in [0.29, 0.717) is 56.8 Å². The Morgan fingerprint density at radius 1 is 1.03 bits per heavy atom. The number of benzene rings is 2. The fraction of sp³-hybridized carbons (Fsp3) is 0.444. The maximum Gasteiger partial charge on any atom is 0.416 e. The van der Waals surface area contributed by atoms with Crippen LogP contribution in [0.4, 0.5) is 18.9 Å². The third-order valence-electron chi connectivity index (χ3n) is 7.46. The summed E-state index contributed by atoms with van der Waals surface area (Å²) in [4.78, 5) is 39.9. The van der Waals surface area contributed by atoms with Crippen LogP contribution in [0.15, 0.2) is 48.5 Å². The van der Waals surface area contributed by atoms with Crippen molar-refractivity contribution in [1.82, 2.24) is 10.2 Å². The average Bonchev–Trinajstić information content (AvgIpc) is 3.10. The van der Waals surface area contributed by atoms with E-state index in [2.05, 4.69) is 5.32 Å². The molecule has 7 nitrogen and oxygen atoms in total. The number of fused-ring (bicyclic) bond motifs is 1. The van der Waals surface area contributed by atoms with Crippen molar-refractivity contribution < 1.29 is 32.3 Å². The molecule has 2 amide bonds. The van der Waals surface area contributed by atoms with Crippen molar-refractivity contribution >= 4 is 23.3 Å². The number of ether oxygens (including phenoxy) is 1. The van der Waals surface area contributed by atoms with Crippen LogP contribution in [0, 0.1) is 0 Å². The van der Waals surface area contributed by atoms with Crippen LogP contribution < -0.4 is 15.0 Å². The van der Waals surface area contributed by atoms with Crippen LogP contribution in [0.25, 0.3) is 0 Å². The van der Waals surface area contributed by atoms with Crippen LogP contribution in [0.3, 0.4) is 0 Å². The number of nitrogens with one attached hydrogen (secondary N) is 1. The monoisotopic (exact) mass is 515 g/mol. The largest absolute Gasteiger partial charge is 0.485 e. The number of para-hydroxylation sites is 2. The molecule has 3 heterocycles. The van der Waals surface area contributed by atoms with Gasteiger partial charge in [0.05, 0.1) is 30.1 Å². The Hall–Kier alpha value is -3.56. The zero-order valence-corrected chi connectivity index (χ0v) is 20.2. The topological polar surface area (TPSA) is 79.0 Å². The number of halogens is 3. The highest BCUT2D eigenvalue weighted by atomic mass is 19.4. The van der Waals surface area contributed by atoms with Crippen LogP contribution in [0.1, 0.15) is 43.2 Å². The second kappa shape index (κ2) is 9.72. The number of piperidine rings is 1. The molecule has 2 aromatic carbocycles.